The normalized spacial score (nSPS) is 21.3. The molecule has 1 N–H and O–H groups in total. The van der Waals surface area contributed by atoms with Crippen molar-refractivity contribution in [3.8, 4) is 0 Å². The summed E-state index contributed by atoms with van der Waals surface area (Å²) in [4.78, 5) is 0. The topological polar surface area (TPSA) is 57.6 Å². The molecule has 0 radical (unpaired) electrons. The molecule has 0 bridgehead atoms. The fraction of sp³-hybridized carbons (Fsp3) is 0.538. The molecule has 18 heavy (non-hydrogen) atoms. The standard InChI is InChI=1S/C13H19NO3S/c15-11-13-6-8-14(10-13)18(16,17)9-7-12-4-2-1-3-5-12/h1-5,13,15H,6-11H2. The Morgan fingerprint density at radius 1 is 1.28 bits per heavy atom. The van der Waals surface area contributed by atoms with E-state index in [9.17, 15) is 8.42 Å². The number of nitrogens with zero attached hydrogens (tertiary/aromatic N) is 1. The third-order valence-electron chi connectivity index (χ3n) is 3.39. The summed E-state index contributed by atoms with van der Waals surface area (Å²) in [5.74, 6) is 0.256. The molecule has 1 heterocycles. The molecule has 1 aliphatic heterocycles. The Bertz CT molecular complexity index is 472. The van der Waals surface area contributed by atoms with E-state index in [4.69, 9.17) is 5.11 Å². The predicted molar refractivity (Wildman–Crippen MR) is 70.7 cm³/mol. The van der Waals surface area contributed by atoms with E-state index in [2.05, 4.69) is 0 Å². The van der Waals surface area contributed by atoms with Crippen LogP contribution in [0.2, 0.25) is 0 Å². The van der Waals surface area contributed by atoms with Crippen LogP contribution in [0.15, 0.2) is 30.3 Å². The van der Waals surface area contributed by atoms with Crippen LogP contribution in [0.1, 0.15) is 12.0 Å². The Hall–Kier alpha value is -0.910. The Morgan fingerprint density at radius 2 is 2.00 bits per heavy atom. The SMILES string of the molecule is O=S(=O)(CCc1ccccc1)N1CCC(CO)C1. The maximum absolute atomic E-state index is 12.1. The summed E-state index contributed by atoms with van der Waals surface area (Å²) in [6, 6.07) is 9.63. The number of hydrogen-bond acceptors (Lipinski definition) is 3. The van der Waals surface area contributed by atoms with Crippen LogP contribution >= 0.6 is 0 Å². The van der Waals surface area contributed by atoms with E-state index in [-0.39, 0.29) is 18.3 Å². The van der Waals surface area contributed by atoms with E-state index in [1.54, 1.807) is 0 Å². The molecule has 1 aromatic rings. The largest absolute Gasteiger partial charge is 0.396 e. The average molecular weight is 269 g/mol. The van der Waals surface area contributed by atoms with Gasteiger partial charge in [0.25, 0.3) is 0 Å². The van der Waals surface area contributed by atoms with Crippen molar-refractivity contribution < 1.29 is 13.5 Å². The summed E-state index contributed by atoms with van der Waals surface area (Å²) < 4.78 is 25.7. The maximum atomic E-state index is 12.1. The van der Waals surface area contributed by atoms with E-state index in [0.717, 1.165) is 12.0 Å². The minimum absolute atomic E-state index is 0.0741. The fourth-order valence-corrected chi connectivity index (χ4v) is 3.79. The predicted octanol–water partition coefficient (Wildman–Crippen LogP) is 0.873. The number of benzene rings is 1. The molecule has 1 atom stereocenters. The first-order valence-electron chi connectivity index (χ1n) is 6.24. The van der Waals surface area contributed by atoms with Gasteiger partial charge in [-0.1, -0.05) is 30.3 Å². The number of rotatable bonds is 5. The van der Waals surface area contributed by atoms with Crippen LogP contribution in [0, 0.1) is 5.92 Å². The first-order valence-corrected chi connectivity index (χ1v) is 7.85. The van der Waals surface area contributed by atoms with Crippen molar-refractivity contribution in [2.45, 2.75) is 12.8 Å². The maximum Gasteiger partial charge on any atom is 0.214 e. The van der Waals surface area contributed by atoms with Gasteiger partial charge in [0.1, 0.15) is 0 Å². The minimum Gasteiger partial charge on any atom is -0.396 e. The summed E-state index contributed by atoms with van der Waals surface area (Å²) in [5, 5.41) is 9.04. The van der Waals surface area contributed by atoms with Gasteiger partial charge >= 0.3 is 0 Å². The summed E-state index contributed by atoms with van der Waals surface area (Å²) in [5.41, 5.74) is 1.04. The third kappa shape index (κ3) is 3.31. The molecule has 4 nitrogen and oxygen atoms in total. The van der Waals surface area contributed by atoms with E-state index in [1.165, 1.54) is 4.31 Å². The molecule has 0 aromatic heterocycles. The summed E-state index contributed by atoms with van der Waals surface area (Å²) in [7, 11) is -3.18. The van der Waals surface area contributed by atoms with Gasteiger partial charge in [-0.3, -0.25) is 0 Å². The van der Waals surface area contributed by atoms with E-state index in [0.29, 0.717) is 19.5 Å². The quantitative estimate of drug-likeness (QED) is 0.863. The molecule has 1 saturated heterocycles. The van der Waals surface area contributed by atoms with Gasteiger partial charge < -0.3 is 5.11 Å². The third-order valence-corrected chi connectivity index (χ3v) is 5.23. The van der Waals surface area contributed by atoms with Crippen molar-refractivity contribution in [1.82, 2.24) is 4.31 Å². The highest BCUT2D eigenvalue weighted by molar-refractivity contribution is 7.89. The number of aliphatic hydroxyl groups excluding tert-OH is 1. The van der Waals surface area contributed by atoms with Crippen molar-refractivity contribution in [3.05, 3.63) is 35.9 Å². The molecule has 0 spiro atoms. The second kappa shape index (κ2) is 5.82. The lowest BCUT2D eigenvalue weighted by Crippen LogP contribution is -2.32. The van der Waals surface area contributed by atoms with Crippen LogP contribution in [0.25, 0.3) is 0 Å². The molecule has 1 fully saturated rings. The summed E-state index contributed by atoms with van der Waals surface area (Å²) >= 11 is 0. The van der Waals surface area contributed by atoms with Crippen LogP contribution in [-0.4, -0.2) is 43.3 Å². The lowest BCUT2D eigenvalue weighted by atomic mass is 10.1. The van der Waals surface area contributed by atoms with E-state index >= 15 is 0 Å². The second-order valence-corrected chi connectivity index (χ2v) is 6.84. The van der Waals surface area contributed by atoms with Crippen LogP contribution < -0.4 is 0 Å². The number of aliphatic hydroxyl groups is 1. The van der Waals surface area contributed by atoms with E-state index < -0.39 is 10.0 Å². The molecule has 1 unspecified atom stereocenters. The van der Waals surface area contributed by atoms with Gasteiger partial charge in [0, 0.05) is 19.7 Å². The molecule has 1 aromatic carbocycles. The summed E-state index contributed by atoms with van der Waals surface area (Å²) in [6.45, 7) is 1.08. The zero-order valence-corrected chi connectivity index (χ0v) is 11.1. The van der Waals surface area contributed by atoms with Crippen molar-refractivity contribution >= 4 is 10.0 Å². The zero-order valence-electron chi connectivity index (χ0n) is 10.3. The highest BCUT2D eigenvalue weighted by Gasteiger charge is 2.30. The first kappa shape index (κ1) is 13.5. The van der Waals surface area contributed by atoms with Gasteiger partial charge in [0.05, 0.1) is 5.75 Å². The first-order chi connectivity index (χ1) is 8.62. The number of aryl methyl sites for hydroxylation is 1. The van der Waals surface area contributed by atoms with Gasteiger partial charge in [0.2, 0.25) is 10.0 Å². The van der Waals surface area contributed by atoms with Gasteiger partial charge in [-0.05, 0) is 24.3 Å². The Labute approximate surface area is 108 Å². The molecule has 1 aliphatic rings. The Kier molecular flexibility index (Phi) is 4.37. The fourth-order valence-electron chi connectivity index (χ4n) is 2.22. The zero-order chi connectivity index (χ0) is 13.0. The van der Waals surface area contributed by atoms with Crippen molar-refractivity contribution in [3.63, 3.8) is 0 Å². The second-order valence-electron chi connectivity index (χ2n) is 4.75. The number of sulfonamides is 1. The average Bonchev–Trinajstić information content (AvgIpc) is 2.87. The highest BCUT2D eigenvalue weighted by atomic mass is 32.2. The van der Waals surface area contributed by atoms with Gasteiger partial charge in [0.15, 0.2) is 0 Å². The lowest BCUT2D eigenvalue weighted by molar-refractivity contribution is 0.233. The molecule has 0 aliphatic carbocycles. The molecule has 100 valence electrons. The molecular weight excluding hydrogens is 250 g/mol. The van der Waals surface area contributed by atoms with Gasteiger partial charge in [-0.2, -0.15) is 0 Å². The smallest absolute Gasteiger partial charge is 0.214 e. The molecule has 0 amide bonds. The van der Waals surface area contributed by atoms with E-state index in [1.807, 2.05) is 30.3 Å². The van der Waals surface area contributed by atoms with Gasteiger partial charge in [-0.15, -0.1) is 0 Å². The van der Waals surface area contributed by atoms with Crippen LogP contribution in [0.5, 0.6) is 0 Å². The molecule has 5 heteroatoms. The van der Waals surface area contributed by atoms with Crippen LogP contribution in [0.4, 0.5) is 0 Å². The minimum atomic E-state index is -3.18. The monoisotopic (exact) mass is 269 g/mol. The number of hydrogen-bond donors (Lipinski definition) is 1. The molecular formula is C13H19NO3S. The Morgan fingerprint density at radius 3 is 2.61 bits per heavy atom. The lowest BCUT2D eigenvalue weighted by Gasteiger charge is -2.16. The molecule has 0 saturated carbocycles. The van der Waals surface area contributed by atoms with Gasteiger partial charge in [-0.25, -0.2) is 12.7 Å². The van der Waals surface area contributed by atoms with Crippen molar-refractivity contribution in [2.24, 2.45) is 5.92 Å². The molecule has 2 rings (SSSR count). The summed E-state index contributed by atoms with van der Waals surface area (Å²) in [6.07, 6.45) is 1.31. The van der Waals surface area contributed by atoms with Crippen LogP contribution in [-0.2, 0) is 16.4 Å². The highest BCUT2D eigenvalue weighted by Crippen LogP contribution is 2.19. The van der Waals surface area contributed by atoms with Crippen LogP contribution in [0.3, 0.4) is 0 Å². The Balaban J connectivity index is 1.92. The van der Waals surface area contributed by atoms with Crippen molar-refractivity contribution in [2.75, 3.05) is 25.4 Å². The van der Waals surface area contributed by atoms with Crippen molar-refractivity contribution in [1.29, 1.82) is 0 Å².